The third kappa shape index (κ3) is 3.37. The van der Waals surface area contributed by atoms with Gasteiger partial charge in [0.2, 0.25) is 0 Å². The highest BCUT2D eigenvalue weighted by molar-refractivity contribution is 7.93. The van der Waals surface area contributed by atoms with Gasteiger partial charge in [0.1, 0.15) is 4.90 Å². The molecule has 2 rings (SSSR count). The lowest BCUT2D eigenvalue weighted by Gasteiger charge is -2.24. The maximum atomic E-state index is 13.0. The molecular weight excluding hydrogens is 318 g/mol. The number of nitrogens with one attached hydrogen (secondary N) is 1. The minimum atomic E-state index is -3.72. The quantitative estimate of drug-likeness (QED) is 0.821. The van der Waals surface area contributed by atoms with Crippen molar-refractivity contribution in [3.8, 4) is 0 Å². The van der Waals surface area contributed by atoms with Crippen LogP contribution >= 0.6 is 12.2 Å². The van der Waals surface area contributed by atoms with Crippen LogP contribution in [-0.2, 0) is 10.0 Å². The maximum Gasteiger partial charge on any atom is 0.266 e. The highest BCUT2D eigenvalue weighted by Gasteiger charge is 2.26. The van der Waals surface area contributed by atoms with E-state index in [1.165, 1.54) is 10.4 Å². The number of thiocarbonyl (C=S) groups is 1. The van der Waals surface area contributed by atoms with E-state index in [2.05, 4.69) is 5.32 Å². The number of hydrogen-bond acceptors (Lipinski definition) is 3. The zero-order valence-electron chi connectivity index (χ0n) is 12.1. The van der Waals surface area contributed by atoms with E-state index in [-0.39, 0.29) is 10.0 Å². The zero-order valence-corrected chi connectivity index (χ0v) is 13.7. The Hall–Kier alpha value is -2.12. The highest BCUT2D eigenvalue weighted by atomic mass is 32.2. The molecule has 0 atom stereocenters. The molecule has 0 heterocycles. The Morgan fingerprint density at radius 2 is 1.73 bits per heavy atom. The van der Waals surface area contributed by atoms with E-state index in [0.717, 1.165) is 0 Å². The largest absolute Gasteiger partial charge is 0.376 e. The summed E-state index contributed by atoms with van der Waals surface area (Å²) in [5.41, 5.74) is 6.44. The SMILES string of the molecule is CCN(c1ccccc1)S(=O)(=O)c1ccccc1NC(N)=S. The van der Waals surface area contributed by atoms with Gasteiger partial charge in [-0.2, -0.15) is 0 Å². The van der Waals surface area contributed by atoms with Gasteiger partial charge in [0.05, 0.1) is 11.4 Å². The molecule has 0 aromatic heterocycles. The Labute approximate surface area is 135 Å². The summed E-state index contributed by atoms with van der Waals surface area (Å²) in [6.07, 6.45) is 0. The fraction of sp³-hybridized carbons (Fsp3) is 0.133. The summed E-state index contributed by atoms with van der Waals surface area (Å²) in [5.74, 6) is 0. The van der Waals surface area contributed by atoms with Crippen LogP contribution < -0.4 is 15.4 Å². The Kier molecular flexibility index (Phi) is 4.99. The number of para-hydroxylation sites is 2. The summed E-state index contributed by atoms with van der Waals surface area (Å²) in [7, 11) is -3.72. The Morgan fingerprint density at radius 3 is 2.32 bits per heavy atom. The normalized spacial score (nSPS) is 11.0. The topological polar surface area (TPSA) is 75.4 Å². The van der Waals surface area contributed by atoms with Crippen molar-refractivity contribution < 1.29 is 8.42 Å². The van der Waals surface area contributed by atoms with E-state index < -0.39 is 10.0 Å². The van der Waals surface area contributed by atoms with Gasteiger partial charge in [0.25, 0.3) is 10.0 Å². The van der Waals surface area contributed by atoms with Crippen LogP contribution in [0.1, 0.15) is 6.92 Å². The predicted octanol–water partition coefficient (Wildman–Crippen LogP) is 2.56. The Morgan fingerprint density at radius 1 is 1.14 bits per heavy atom. The molecule has 2 aromatic carbocycles. The van der Waals surface area contributed by atoms with E-state index in [1.54, 1.807) is 49.4 Å². The number of sulfonamides is 1. The summed E-state index contributed by atoms with van der Waals surface area (Å²) in [6.45, 7) is 2.10. The van der Waals surface area contributed by atoms with Crippen LogP contribution in [0.25, 0.3) is 0 Å². The Bertz CT molecular complexity index is 761. The van der Waals surface area contributed by atoms with Gasteiger partial charge in [0.15, 0.2) is 5.11 Å². The van der Waals surface area contributed by atoms with Gasteiger partial charge in [0, 0.05) is 6.54 Å². The minimum absolute atomic E-state index is 0.0189. The van der Waals surface area contributed by atoms with Crippen LogP contribution in [0.15, 0.2) is 59.5 Å². The number of rotatable bonds is 5. The summed E-state index contributed by atoms with van der Waals surface area (Å²) in [6, 6.07) is 15.5. The lowest BCUT2D eigenvalue weighted by atomic mass is 10.3. The van der Waals surface area contributed by atoms with E-state index in [9.17, 15) is 8.42 Å². The van der Waals surface area contributed by atoms with Gasteiger partial charge in [-0.1, -0.05) is 30.3 Å². The number of nitrogens with two attached hydrogens (primary N) is 1. The van der Waals surface area contributed by atoms with Crippen molar-refractivity contribution in [3.05, 3.63) is 54.6 Å². The predicted molar refractivity (Wildman–Crippen MR) is 93.5 cm³/mol. The van der Waals surface area contributed by atoms with Crippen molar-refractivity contribution in [2.24, 2.45) is 5.73 Å². The van der Waals surface area contributed by atoms with Gasteiger partial charge >= 0.3 is 0 Å². The van der Waals surface area contributed by atoms with Gasteiger partial charge in [-0.15, -0.1) is 0 Å². The molecular formula is C15H17N3O2S2. The molecule has 0 aliphatic carbocycles. The van der Waals surface area contributed by atoms with Crippen LogP contribution in [0.5, 0.6) is 0 Å². The summed E-state index contributed by atoms with van der Waals surface area (Å²) in [5, 5.41) is 2.73. The van der Waals surface area contributed by atoms with E-state index in [1.807, 2.05) is 6.07 Å². The second kappa shape index (κ2) is 6.76. The van der Waals surface area contributed by atoms with Crippen molar-refractivity contribution in [2.75, 3.05) is 16.2 Å². The highest BCUT2D eigenvalue weighted by Crippen LogP contribution is 2.28. The average Bonchev–Trinajstić information content (AvgIpc) is 2.48. The van der Waals surface area contributed by atoms with Crippen LogP contribution in [0, 0.1) is 0 Å². The van der Waals surface area contributed by atoms with Crippen molar-refractivity contribution in [1.29, 1.82) is 0 Å². The lowest BCUT2D eigenvalue weighted by molar-refractivity contribution is 0.592. The molecule has 0 fully saturated rings. The molecule has 7 heteroatoms. The van der Waals surface area contributed by atoms with Crippen molar-refractivity contribution in [1.82, 2.24) is 0 Å². The average molecular weight is 335 g/mol. The molecule has 5 nitrogen and oxygen atoms in total. The second-order valence-corrected chi connectivity index (χ2v) is 6.76. The molecule has 0 bridgehead atoms. The maximum absolute atomic E-state index is 13.0. The minimum Gasteiger partial charge on any atom is -0.376 e. The number of benzene rings is 2. The van der Waals surface area contributed by atoms with Crippen molar-refractivity contribution in [3.63, 3.8) is 0 Å². The van der Waals surface area contributed by atoms with Crippen LogP contribution in [-0.4, -0.2) is 20.1 Å². The molecule has 0 unspecified atom stereocenters. The van der Waals surface area contributed by atoms with Crippen LogP contribution in [0.2, 0.25) is 0 Å². The molecule has 22 heavy (non-hydrogen) atoms. The first kappa shape index (κ1) is 16.3. The monoisotopic (exact) mass is 335 g/mol. The molecule has 0 saturated heterocycles. The van der Waals surface area contributed by atoms with Gasteiger partial charge in [-0.05, 0) is 43.4 Å². The fourth-order valence-corrected chi connectivity index (χ4v) is 3.87. The number of hydrogen-bond donors (Lipinski definition) is 2. The zero-order chi connectivity index (χ0) is 16.2. The molecule has 116 valence electrons. The summed E-state index contributed by atoms with van der Waals surface area (Å²) in [4.78, 5) is 0.133. The van der Waals surface area contributed by atoms with E-state index in [4.69, 9.17) is 18.0 Å². The van der Waals surface area contributed by atoms with E-state index >= 15 is 0 Å². The van der Waals surface area contributed by atoms with Crippen LogP contribution in [0.4, 0.5) is 11.4 Å². The van der Waals surface area contributed by atoms with Crippen LogP contribution in [0.3, 0.4) is 0 Å². The second-order valence-electron chi connectivity index (χ2n) is 4.49. The van der Waals surface area contributed by atoms with E-state index in [0.29, 0.717) is 17.9 Å². The first-order chi connectivity index (χ1) is 10.5. The molecule has 0 aliphatic heterocycles. The Balaban J connectivity index is 2.52. The smallest absolute Gasteiger partial charge is 0.266 e. The van der Waals surface area contributed by atoms with Crippen molar-refractivity contribution >= 4 is 38.7 Å². The molecule has 0 amide bonds. The fourth-order valence-electron chi connectivity index (χ4n) is 2.13. The first-order valence-electron chi connectivity index (χ1n) is 6.70. The third-order valence-electron chi connectivity index (χ3n) is 3.04. The first-order valence-corrected chi connectivity index (χ1v) is 8.55. The molecule has 3 N–H and O–H groups in total. The third-order valence-corrected chi connectivity index (χ3v) is 5.11. The molecule has 0 saturated carbocycles. The molecule has 0 aliphatic rings. The molecule has 0 spiro atoms. The van der Waals surface area contributed by atoms with Crippen molar-refractivity contribution in [2.45, 2.75) is 11.8 Å². The lowest BCUT2D eigenvalue weighted by Crippen LogP contribution is -2.32. The molecule has 0 radical (unpaired) electrons. The standard InChI is InChI=1S/C15H17N3O2S2/c1-2-18(12-8-4-3-5-9-12)22(19,20)14-11-7-6-10-13(14)17-15(16)21/h3-11H,2H2,1H3,(H3,16,17,21). The number of nitrogens with zero attached hydrogens (tertiary/aromatic N) is 1. The molecule has 2 aromatic rings. The van der Waals surface area contributed by atoms with Gasteiger partial charge in [-0.3, -0.25) is 4.31 Å². The number of anilines is 2. The summed E-state index contributed by atoms with van der Waals surface area (Å²) >= 11 is 4.81. The van der Waals surface area contributed by atoms with Gasteiger partial charge < -0.3 is 11.1 Å². The summed E-state index contributed by atoms with van der Waals surface area (Å²) < 4.78 is 27.3. The van der Waals surface area contributed by atoms with Gasteiger partial charge in [-0.25, -0.2) is 8.42 Å².